The molecule has 29 heavy (non-hydrogen) atoms. The second-order valence-corrected chi connectivity index (χ2v) is 8.06. The molecule has 3 heterocycles. The minimum absolute atomic E-state index is 0.0372. The van der Waals surface area contributed by atoms with Gasteiger partial charge in [0, 0.05) is 17.0 Å². The molecule has 6 heteroatoms. The summed E-state index contributed by atoms with van der Waals surface area (Å²) in [7, 11) is 0. The Morgan fingerprint density at radius 1 is 1.03 bits per heavy atom. The molecule has 0 radical (unpaired) electrons. The molecule has 1 unspecified atom stereocenters. The van der Waals surface area contributed by atoms with Crippen molar-refractivity contribution < 1.29 is 23.5 Å². The minimum atomic E-state index is -0.695. The zero-order chi connectivity index (χ0) is 20.3. The van der Waals surface area contributed by atoms with Crippen molar-refractivity contribution in [2.75, 3.05) is 0 Å². The van der Waals surface area contributed by atoms with E-state index in [4.69, 9.17) is 13.9 Å². The highest BCUT2D eigenvalue weighted by Crippen LogP contribution is 2.48. The second kappa shape index (κ2) is 6.04. The van der Waals surface area contributed by atoms with Crippen molar-refractivity contribution >= 4 is 22.7 Å². The average Bonchev–Trinajstić information content (AvgIpc) is 2.66. The molecule has 0 spiro atoms. The van der Waals surface area contributed by atoms with Gasteiger partial charge in [0.1, 0.15) is 22.7 Å². The van der Waals surface area contributed by atoms with E-state index in [1.54, 1.807) is 36.4 Å². The number of ether oxygens (including phenoxy) is 2. The molecule has 3 aromatic rings. The molecule has 1 aromatic heterocycles. The Labute approximate surface area is 166 Å². The summed E-state index contributed by atoms with van der Waals surface area (Å²) >= 11 is 0. The van der Waals surface area contributed by atoms with Crippen molar-refractivity contribution in [2.45, 2.75) is 38.2 Å². The molecule has 146 valence electrons. The lowest BCUT2D eigenvalue weighted by Crippen LogP contribution is -2.37. The van der Waals surface area contributed by atoms with Gasteiger partial charge in [-0.2, -0.15) is 0 Å². The van der Waals surface area contributed by atoms with Crippen molar-refractivity contribution in [3.8, 4) is 11.5 Å². The highest BCUT2D eigenvalue weighted by atomic mass is 16.5. The van der Waals surface area contributed by atoms with Gasteiger partial charge in [0.15, 0.2) is 11.2 Å². The summed E-state index contributed by atoms with van der Waals surface area (Å²) in [6.45, 7) is 3.67. The van der Waals surface area contributed by atoms with E-state index in [2.05, 4.69) is 0 Å². The Bertz CT molecular complexity index is 1250. The number of Topliss-reactive ketones (excluding diaryl/α,β-unsaturated/α-hetero) is 1. The number of hydrogen-bond acceptors (Lipinski definition) is 6. The van der Waals surface area contributed by atoms with Gasteiger partial charge < -0.3 is 13.9 Å². The van der Waals surface area contributed by atoms with Crippen LogP contribution in [0.4, 0.5) is 0 Å². The van der Waals surface area contributed by atoms with Gasteiger partial charge >= 0.3 is 5.97 Å². The van der Waals surface area contributed by atoms with E-state index in [9.17, 15) is 14.4 Å². The van der Waals surface area contributed by atoms with Gasteiger partial charge in [0.25, 0.3) is 0 Å². The van der Waals surface area contributed by atoms with Crippen LogP contribution in [0.1, 0.15) is 54.1 Å². The lowest BCUT2D eigenvalue weighted by atomic mass is 9.82. The summed E-state index contributed by atoms with van der Waals surface area (Å²) in [5.74, 6) is -0.419. The van der Waals surface area contributed by atoms with E-state index < -0.39 is 17.5 Å². The molecule has 0 fully saturated rings. The standard InChI is InChI=1S/C23H18O6/c1-23(2)10-16(24)12-7-8-18-20(22(12)29-23)14(9-19(25)28-18)15-11-27-17-6-4-3-5-13(17)21(15)26/h3-8,11,14H,9-10H2,1-2H3. The van der Waals surface area contributed by atoms with Crippen LogP contribution in [-0.2, 0) is 4.79 Å². The third kappa shape index (κ3) is 2.75. The molecule has 2 aromatic carbocycles. The van der Waals surface area contributed by atoms with E-state index in [0.717, 1.165) is 0 Å². The normalized spacial score (nSPS) is 19.9. The fourth-order valence-electron chi connectivity index (χ4n) is 4.16. The maximum Gasteiger partial charge on any atom is 0.312 e. The second-order valence-electron chi connectivity index (χ2n) is 8.06. The third-order valence-corrected chi connectivity index (χ3v) is 5.45. The molecule has 0 saturated carbocycles. The van der Waals surface area contributed by atoms with Crippen LogP contribution >= 0.6 is 0 Å². The monoisotopic (exact) mass is 390 g/mol. The largest absolute Gasteiger partial charge is 0.486 e. The van der Waals surface area contributed by atoms with Crippen LogP contribution in [0.25, 0.3) is 11.0 Å². The topological polar surface area (TPSA) is 82.8 Å². The Hall–Kier alpha value is -3.41. The van der Waals surface area contributed by atoms with Gasteiger partial charge in [0.2, 0.25) is 0 Å². The summed E-state index contributed by atoms with van der Waals surface area (Å²) in [6, 6.07) is 10.2. The summed E-state index contributed by atoms with van der Waals surface area (Å²) in [4.78, 5) is 38.1. The molecule has 1 atom stereocenters. The van der Waals surface area contributed by atoms with Gasteiger partial charge in [-0.3, -0.25) is 14.4 Å². The lowest BCUT2D eigenvalue weighted by Gasteiger charge is -2.36. The predicted molar refractivity (Wildman–Crippen MR) is 105 cm³/mol. The number of hydrogen-bond donors (Lipinski definition) is 0. The molecule has 5 rings (SSSR count). The van der Waals surface area contributed by atoms with E-state index in [-0.39, 0.29) is 24.1 Å². The highest BCUT2D eigenvalue weighted by Gasteiger charge is 2.40. The summed E-state index contributed by atoms with van der Waals surface area (Å²) in [6.07, 6.45) is 1.61. The number of carbonyl (C=O) groups is 2. The first-order valence-corrected chi connectivity index (χ1v) is 9.44. The average molecular weight is 390 g/mol. The van der Waals surface area contributed by atoms with E-state index in [1.165, 1.54) is 6.26 Å². The van der Waals surface area contributed by atoms with Crippen LogP contribution in [0.2, 0.25) is 0 Å². The van der Waals surface area contributed by atoms with E-state index in [1.807, 2.05) is 13.8 Å². The number of carbonyl (C=O) groups excluding carboxylic acids is 2. The van der Waals surface area contributed by atoms with Crippen LogP contribution in [0.15, 0.2) is 51.9 Å². The van der Waals surface area contributed by atoms with Gasteiger partial charge in [-0.15, -0.1) is 0 Å². The zero-order valence-electron chi connectivity index (χ0n) is 16.0. The molecule has 0 bridgehead atoms. The Balaban J connectivity index is 1.77. The fraction of sp³-hybridized carbons (Fsp3) is 0.261. The number of esters is 1. The minimum Gasteiger partial charge on any atom is -0.486 e. The van der Waals surface area contributed by atoms with Gasteiger partial charge in [-0.25, -0.2) is 0 Å². The van der Waals surface area contributed by atoms with Gasteiger partial charge in [-0.1, -0.05) is 12.1 Å². The van der Waals surface area contributed by atoms with Crippen LogP contribution < -0.4 is 14.9 Å². The number of fused-ring (bicyclic) bond motifs is 4. The zero-order valence-corrected chi connectivity index (χ0v) is 16.0. The molecule has 0 N–H and O–H groups in total. The van der Waals surface area contributed by atoms with Crippen molar-refractivity contribution in [3.63, 3.8) is 0 Å². The Morgan fingerprint density at radius 2 is 1.83 bits per heavy atom. The van der Waals surface area contributed by atoms with Crippen LogP contribution in [0.5, 0.6) is 11.5 Å². The molecular weight excluding hydrogens is 372 g/mol. The van der Waals surface area contributed by atoms with E-state index >= 15 is 0 Å². The first-order valence-electron chi connectivity index (χ1n) is 9.44. The summed E-state index contributed by atoms with van der Waals surface area (Å²) < 4.78 is 17.2. The Morgan fingerprint density at radius 3 is 2.66 bits per heavy atom. The molecule has 0 amide bonds. The first kappa shape index (κ1) is 17.7. The van der Waals surface area contributed by atoms with Crippen molar-refractivity contribution in [3.05, 3.63) is 69.6 Å². The number of benzene rings is 2. The molecule has 0 saturated heterocycles. The number of rotatable bonds is 1. The van der Waals surface area contributed by atoms with Crippen LogP contribution in [0.3, 0.4) is 0 Å². The van der Waals surface area contributed by atoms with Crippen LogP contribution in [-0.4, -0.2) is 17.4 Å². The van der Waals surface area contributed by atoms with Crippen molar-refractivity contribution in [1.82, 2.24) is 0 Å². The first-order chi connectivity index (χ1) is 13.8. The number of ketones is 1. The SMILES string of the molecule is CC1(C)CC(=O)c2ccc3c(c2O1)C(c1coc2ccccc2c1=O)CC(=O)O3. The molecule has 6 nitrogen and oxygen atoms in total. The molecule has 0 aliphatic carbocycles. The molecule has 2 aliphatic heterocycles. The quantitative estimate of drug-likeness (QED) is 0.462. The van der Waals surface area contributed by atoms with Crippen molar-refractivity contribution in [2.24, 2.45) is 0 Å². The Kier molecular flexibility index (Phi) is 3.68. The molecule has 2 aliphatic rings. The summed E-state index contributed by atoms with van der Waals surface area (Å²) in [5.41, 5.74) is 0.898. The highest BCUT2D eigenvalue weighted by molar-refractivity contribution is 6.01. The number of para-hydroxylation sites is 1. The van der Waals surface area contributed by atoms with Gasteiger partial charge in [0.05, 0.1) is 30.1 Å². The maximum atomic E-state index is 13.2. The smallest absolute Gasteiger partial charge is 0.312 e. The van der Waals surface area contributed by atoms with E-state index in [0.29, 0.717) is 39.2 Å². The molecular formula is C23H18O6. The third-order valence-electron chi connectivity index (χ3n) is 5.45. The van der Waals surface area contributed by atoms with Crippen LogP contribution in [0, 0.1) is 0 Å². The van der Waals surface area contributed by atoms with Gasteiger partial charge in [-0.05, 0) is 38.1 Å². The summed E-state index contributed by atoms with van der Waals surface area (Å²) in [5, 5.41) is 0.438. The lowest BCUT2D eigenvalue weighted by molar-refractivity contribution is -0.135. The predicted octanol–water partition coefficient (Wildman–Crippen LogP) is 3.98. The van der Waals surface area contributed by atoms with Crippen molar-refractivity contribution in [1.29, 1.82) is 0 Å². The maximum absolute atomic E-state index is 13.2. The fourth-order valence-corrected chi connectivity index (χ4v) is 4.16.